The Morgan fingerprint density at radius 3 is 2.57 bits per heavy atom. The molecule has 7 heteroatoms. The zero-order valence-electron chi connectivity index (χ0n) is 16.5. The highest BCUT2D eigenvalue weighted by molar-refractivity contribution is 6.11. The van der Waals surface area contributed by atoms with E-state index in [9.17, 15) is 13.6 Å². The van der Waals surface area contributed by atoms with Crippen LogP contribution < -0.4 is 5.32 Å². The van der Waals surface area contributed by atoms with Gasteiger partial charge in [0, 0.05) is 23.2 Å². The minimum atomic E-state index is -0.927. The minimum Gasteiger partial charge on any atom is -0.321 e. The molecule has 0 spiro atoms. The molecule has 1 aromatic heterocycles. The number of amides is 1. The van der Waals surface area contributed by atoms with Gasteiger partial charge in [0.2, 0.25) is 0 Å². The Bertz CT molecular complexity index is 1220. The van der Waals surface area contributed by atoms with Crippen molar-refractivity contribution in [3.05, 3.63) is 83.6 Å². The van der Waals surface area contributed by atoms with Crippen LogP contribution in [-0.2, 0) is 6.54 Å². The van der Waals surface area contributed by atoms with E-state index in [0.717, 1.165) is 18.2 Å². The molecular weight excluding hydrogens is 386 g/mol. The van der Waals surface area contributed by atoms with E-state index in [1.165, 1.54) is 12.1 Å². The molecule has 0 aliphatic carbocycles. The Labute approximate surface area is 172 Å². The molecule has 0 atom stereocenters. The number of aromatic amines is 1. The predicted octanol–water partition coefficient (Wildman–Crippen LogP) is 4.82. The summed E-state index contributed by atoms with van der Waals surface area (Å²) in [7, 11) is 3.98. The maximum absolute atomic E-state index is 14.2. The highest BCUT2D eigenvalue weighted by Gasteiger charge is 2.17. The Morgan fingerprint density at radius 2 is 1.83 bits per heavy atom. The van der Waals surface area contributed by atoms with Crippen LogP contribution >= 0.6 is 0 Å². The summed E-state index contributed by atoms with van der Waals surface area (Å²) in [6.45, 7) is 0.803. The van der Waals surface area contributed by atoms with E-state index in [1.54, 1.807) is 18.2 Å². The number of aromatic nitrogens is 2. The van der Waals surface area contributed by atoms with Crippen molar-refractivity contribution in [3.63, 3.8) is 0 Å². The summed E-state index contributed by atoms with van der Waals surface area (Å²) in [6, 6.07) is 16.5. The Morgan fingerprint density at radius 1 is 1.07 bits per heavy atom. The predicted molar refractivity (Wildman–Crippen MR) is 113 cm³/mol. The van der Waals surface area contributed by atoms with Crippen molar-refractivity contribution in [2.75, 3.05) is 19.4 Å². The molecule has 0 radical (unpaired) electrons. The van der Waals surface area contributed by atoms with Crippen LogP contribution in [0.15, 0.2) is 60.7 Å². The van der Waals surface area contributed by atoms with Gasteiger partial charge in [-0.1, -0.05) is 30.3 Å². The first kappa shape index (κ1) is 19.7. The van der Waals surface area contributed by atoms with Crippen LogP contribution in [-0.4, -0.2) is 35.1 Å². The number of rotatable bonds is 5. The largest absolute Gasteiger partial charge is 0.321 e. The molecule has 2 N–H and O–H groups in total. The molecule has 1 amide bonds. The second-order valence-electron chi connectivity index (χ2n) is 7.32. The van der Waals surface area contributed by atoms with Crippen LogP contribution in [0.5, 0.6) is 0 Å². The Hall–Kier alpha value is -3.58. The van der Waals surface area contributed by atoms with Gasteiger partial charge in [0.15, 0.2) is 17.3 Å². The third kappa shape index (κ3) is 3.92. The summed E-state index contributed by atoms with van der Waals surface area (Å²) in [6.07, 6.45) is 0. The van der Waals surface area contributed by atoms with Crippen LogP contribution in [0.25, 0.3) is 22.0 Å². The van der Waals surface area contributed by atoms with Crippen LogP contribution in [0.2, 0.25) is 0 Å². The molecular formula is C23H20F2N4O. The van der Waals surface area contributed by atoms with Gasteiger partial charge in [-0.2, -0.15) is 5.10 Å². The van der Waals surface area contributed by atoms with Crippen molar-refractivity contribution in [3.8, 4) is 11.1 Å². The van der Waals surface area contributed by atoms with Crippen LogP contribution in [0.4, 0.5) is 14.5 Å². The van der Waals surface area contributed by atoms with E-state index in [2.05, 4.69) is 20.4 Å². The van der Waals surface area contributed by atoms with Gasteiger partial charge in [-0.15, -0.1) is 0 Å². The standard InChI is InChI=1S/C23H20F2N4O/c1-29(2)13-14-6-9-16(10-7-14)26-23(30)22-18-12-15(8-11-20(18)27-28-22)17-4-3-5-19(24)21(17)25/h3-12H,13H2,1-2H3,(H,26,30)(H,27,28). The molecule has 1 heterocycles. The number of nitrogens with one attached hydrogen (secondary N) is 2. The summed E-state index contributed by atoms with van der Waals surface area (Å²) in [5.74, 6) is -2.24. The van der Waals surface area contributed by atoms with Gasteiger partial charge in [-0.3, -0.25) is 9.89 Å². The summed E-state index contributed by atoms with van der Waals surface area (Å²) in [5.41, 5.74) is 3.17. The van der Waals surface area contributed by atoms with E-state index < -0.39 is 17.5 Å². The Kier molecular flexibility index (Phi) is 5.29. The molecule has 30 heavy (non-hydrogen) atoms. The maximum Gasteiger partial charge on any atom is 0.276 e. The smallest absolute Gasteiger partial charge is 0.276 e. The van der Waals surface area contributed by atoms with Gasteiger partial charge in [-0.25, -0.2) is 8.78 Å². The van der Waals surface area contributed by atoms with Gasteiger partial charge in [0.1, 0.15) is 0 Å². The number of anilines is 1. The van der Waals surface area contributed by atoms with Gasteiger partial charge >= 0.3 is 0 Å². The molecule has 0 aliphatic heterocycles. The van der Waals surface area contributed by atoms with Gasteiger partial charge in [-0.05, 0) is 55.6 Å². The molecule has 3 aromatic carbocycles. The van der Waals surface area contributed by atoms with Gasteiger partial charge in [0.25, 0.3) is 5.91 Å². The normalized spacial score (nSPS) is 11.2. The van der Waals surface area contributed by atoms with Crippen molar-refractivity contribution in [2.24, 2.45) is 0 Å². The molecule has 0 saturated heterocycles. The second kappa shape index (κ2) is 8.04. The quantitative estimate of drug-likeness (QED) is 0.499. The van der Waals surface area contributed by atoms with E-state index in [4.69, 9.17) is 0 Å². The molecule has 4 rings (SSSR count). The van der Waals surface area contributed by atoms with Crippen molar-refractivity contribution in [1.82, 2.24) is 15.1 Å². The summed E-state index contributed by atoms with van der Waals surface area (Å²) >= 11 is 0. The fraction of sp³-hybridized carbons (Fsp3) is 0.130. The lowest BCUT2D eigenvalue weighted by atomic mass is 10.0. The van der Waals surface area contributed by atoms with E-state index >= 15 is 0 Å². The topological polar surface area (TPSA) is 61.0 Å². The lowest BCUT2D eigenvalue weighted by Gasteiger charge is -2.10. The number of fused-ring (bicyclic) bond motifs is 1. The highest BCUT2D eigenvalue weighted by Crippen LogP contribution is 2.28. The lowest BCUT2D eigenvalue weighted by molar-refractivity contribution is 0.102. The summed E-state index contributed by atoms with van der Waals surface area (Å²) in [4.78, 5) is 14.8. The number of benzene rings is 3. The monoisotopic (exact) mass is 406 g/mol. The SMILES string of the molecule is CN(C)Cc1ccc(NC(=O)c2n[nH]c3ccc(-c4cccc(F)c4F)cc23)cc1. The average molecular weight is 406 g/mol. The second-order valence-corrected chi connectivity index (χ2v) is 7.32. The molecule has 0 fully saturated rings. The molecule has 0 bridgehead atoms. The maximum atomic E-state index is 14.2. The summed E-state index contributed by atoms with van der Waals surface area (Å²) < 4.78 is 27.8. The van der Waals surface area contributed by atoms with Crippen molar-refractivity contribution < 1.29 is 13.6 Å². The number of hydrogen-bond acceptors (Lipinski definition) is 3. The van der Waals surface area contributed by atoms with Crippen LogP contribution in [0.1, 0.15) is 16.1 Å². The van der Waals surface area contributed by atoms with Crippen molar-refractivity contribution >= 4 is 22.5 Å². The van der Waals surface area contributed by atoms with E-state index in [-0.39, 0.29) is 11.3 Å². The molecule has 0 aliphatic rings. The highest BCUT2D eigenvalue weighted by atomic mass is 19.2. The number of nitrogens with zero attached hydrogens (tertiary/aromatic N) is 2. The first-order chi connectivity index (χ1) is 14.4. The molecule has 4 aromatic rings. The average Bonchev–Trinajstić information content (AvgIpc) is 3.14. The van der Waals surface area contributed by atoms with Crippen molar-refractivity contribution in [1.29, 1.82) is 0 Å². The number of H-pyrrole nitrogens is 1. The molecule has 0 unspecified atom stereocenters. The van der Waals surface area contributed by atoms with Crippen LogP contribution in [0.3, 0.4) is 0 Å². The van der Waals surface area contributed by atoms with E-state index in [1.807, 2.05) is 38.4 Å². The van der Waals surface area contributed by atoms with Gasteiger partial charge < -0.3 is 10.2 Å². The molecule has 152 valence electrons. The van der Waals surface area contributed by atoms with Crippen LogP contribution in [0, 0.1) is 11.6 Å². The van der Waals surface area contributed by atoms with E-state index in [0.29, 0.717) is 22.2 Å². The first-order valence-electron chi connectivity index (χ1n) is 9.40. The fourth-order valence-electron chi connectivity index (χ4n) is 3.33. The third-order valence-electron chi connectivity index (χ3n) is 4.75. The fourth-order valence-corrected chi connectivity index (χ4v) is 3.33. The number of carbonyl (C=O) groups is 1. The van der Waals surface area contributed by atoms with Gasteiger partial charge in [0.05, 0.1) is 5.52 Å². The number of hydrogen-bond donors (Lipinski definition) is 2. The van der Waals surface area contributed by atoms with Crippen molar-refractivity contribution in [2.45, 2.75) is 6.54 Å². The lowest BCUT2D eigenvalue weighted by Crippen LogP contribution is -2.13. The first-order valence-corrected chi connectivity index (χ1v) is 9.40. The molecule has 0 saturated carbocycles. The minimum absolute atomic E-state index is 0.126. The zero-order valence-corrected chi connectivity index (χ0v) is 16.5. The number of carbonyl (C=O) groups excluding carboxylic acids is 1. The Balaban J connectivity index is 1.62. The zero-order chi connectivity index (χ0) is 21.3. The third-order valence-corrected chi connectivity index (χ3v) is 4.75. The summed E-state index contributed by atoms with van der Waals surface area (Å²) in [5, 5.41) is 10.3. The number of halogens is 2. The molecule has 5 nitrogen and oxygen atoms in total.